The first-order valence-electron chi connectivity index (χ1n) is 3.39. The molecule has 0 saturated carbocycles. The van der Waals surface area contributed by atoms with E-state index in [1.165, 1.54) is 6.92 Å². The van der Waals surface area contributed by atoms with Crippen LogP contribution in [-0.2, 0) is 32.7 Å². The van der Waals surface area contributed by atoms with E-state index in [-0.39, 0.29) is 38.5 Å². The molecule has 0 aliphatic carbocycles. The molecule has 1 radical (unpaired) electrons. The Balaban J connectivity index is 0.00000121. The molecule has 0 saturated heterocycles. The van der Waals surface area contributed by atoms with Gasteiger partial charge in [0.25, 0.3) is 0 Å². The maximum absolute atomic E-state index is 10.9. The van der Waals surface area contributed by atoms with Crippen LogP contribution in [0.25, 0.3) is 0 Å². The van der Waals surface area contributed by atoms with Crippen molar-refractivity contribution in [1.29, 1.82) is 0 Å². The van der Waals surface area contributed by atoms with Gasteiger partial charge in [-0.1, -0.05) is 12.1 Å². The summed E-state index contributed by atoms with van der Waals surface area (Å²) >= 11 is 0. The molecule has 0 heterocycles. The average Bonchev–Trinajstić information content (AvgIpc) is 2.05. The van der Waals surface area contributed by atoms with Gasteiger partial charge in [-0.05, 0) is 19.1 Å². The summed E-state index contributed by atoms with van der Waals surface area (Å²) in [6.45, 7) is 1.54. The maximum Gasteiger partial charge on any atom is 0.159 e. The van der Waals surface area contributed by atoms with Gasteiger partial charge in [-0.15, -0.1) is 0 Å². The Kier molecular flexibility index (Phi) is 5.35. The van der Waals surface area contributed by atoms with Gasteiger partial charge in [-0.2, -0.15) is 0 Å². The van der Waals surface area contributed by atoms with Gasteiger partial charge >= 0.3 is 0 Å². The standard InChI is InChI=1S/C9H10O2.Y/c1-7(10)8-4-3-5-9(6-8)11-2;/h3-6H,1-2H3;. The van der Waals surface area contributed by atoms with Gasteiger partial charge in [0.05, 0.1) is 7.11 Å². The summed E-state index contributed by atoms with van der Waals surface area (Å²) in [5.74, 6) is 0.779. The molecule has 0 atom stereocenters. The van der Waals surface area contributed by atoms with E-state index in [4.69, 9.17) is 4.74 Å². The van der Waals surface area contributed by atoms with Crippen LogP contribution in [0.15, 0.2) is 24.3 Å². The van der Waals surface area contributed by atoms with Crippen LogP contribution in [0.5, 0.6) is 5.75 Å². The molecule has 0 unspecified atom stereocenters. The summed E-state index contributed by atoms with van der Waals surface area (Å²) in [4.78, 5) is 10.9. The molecule has 0 aliphatic rings. The van der Waals surface area contributed by atoms with Crippen molar-refractivity contribution in [1.82, 2.24) is 0 Å². The Hall–Kier alpha value is -0.206. The molecular weight excluding hydrogens is 229 g/mol. The molecule has 0 aliphatic heterocycles. The monoisotopic (exact) mass is 239 g/mol. The van der Waals surface area contributed by atoms with E-state index in [1.54, 1.807) is 25.3 Å². The Morgan fingerprint density at radius 1 is 1.42 bits per heavy atom. The third kappa shape index (κ3) is 3.04. The first kappa shape index (κ1) is 11.8. The zero-order valence-electron chi connectivity index (χ0n) is 7.20. The molecule has 1 aromatic carbocycles. The summed E-state index contributed by atoms with van der Waals surface area (Å²) < 4.78 is 4.95. The molecule has 12 heavy (non-hydrogen) atoms. The number of carbonyl (C=O) groups is 1. The second-order valence-electron chi connectivity index (χ2n) is 2.29. The maximum atomic E-state index is 10.9. The van der Waals surface area contributed by atoms with E-state index in [0.29, 0.717) is 5.56 Å². The second-order valence-corrected chi connectivity index (χ2v) is 2.29. The van der Waals surface area contributed by atoms with Crippen LogP contribution in [0.3, 0.4) is 0 Å². The minimum Gasteiger partial charge on any atom is -0.497 e. The molecule has 0 bridgehead atoms. The van der Waals surface area contributed by atoms with Crippen molar-refractivity contribution in [2.45, 2.75) is 6.92 Å². The van der Waals surface area contributed by atoms with E-state index in [1.807, 2.05) is 6.07 Å². The summed E-state index contributed by atoms with van der Waals surface area (Å²) in [6.07, 6.45) is 0. The molecular formula is C9H10O2Y. The van der Waals surface area contributed by atoms with Crippen LogP contribution in [0.4, 0.5) is 0 Å². The van der Waals surface area contributed by atoms with Crippen LogP contribution in [0.1, 0.15) is 17.3 Å². The molecule has 0 N–H and O–H groups in total. The van der Waals surface area contributed by atoms with Crippen LogP contribution in [-0.4, -0.2) is 12.9 Å². The minimum atomic E-state index is 0. The molecule has 0 aromatic heterocycles. The predicted molar refractivity (Wildman–Crippen MR) is 43.0 cm³/mol. The third-order valence-corrected chi connectivity index (χ3v) is 1.48. The molecule has 2 nitrogen and oxygen atoms in total. The summed E-state index contributed by atoms with van der Waals surface area (Å²) in [6, 6.07) is 7.11. The number of rotatable bonds is 2. The molecule has 3 heteroatoms. The van der Waals surface area contributed by atoms with Gasteiger partial charge in [0, 0.05) is 38.3 Å². The Labute approximate surface area is 97.2 Å². The average molecular weight is 239 g/mol. The van der Waals surface area contributed by atoms with Gasteiger partial charge in [0.1, 0.15) is 5.75 Å². The minimum absolute atomic E-state index is 0. The Bertz CT molecular complexity index is 271. The van der Waals surface area contributed by atoms with Crippen molar-refractivity contribution in [2.24, 2.45) is 0 Å². The summed E-state index contributed by atoms with van der Waals surface area (Å²) in [5, 5.41) is 0. The number of hydrogen-bond donors (Lipinski definition) is 0. The number of benzene rings is 1. The zero-order chi connectivity index (χ0) is 8.27. The smallest absolute Gasteiger partial charge is 0.159 e. The second kappa shape index (κ2) is 5.44. The van der Waals surface area contributed by atoms with Crippen molar-refractivity contribution < 1.29 is 42.2 Å². The SMILES string of the molecule is COc1cccc(C(C)=O)c1.[Y]. The molecule has 61 valence electrons. The van der Waals surface area contributed by atoms with E-state index in [9.17, 15) is 4.79 Å². The molecule has 1 rings (SSSR count). The van der Waals surface area contributed by atoms with Gasteiger partial charge in [-0.25, -0.2) is 0 Å². The van der Waals surface area contributed by atoms with Gasteiger partial charge in [0.2, 0.25) is 0 Å². The van der Waals surface area contributed by atoms with Crippen molar-refractivity contribution in [3.05, 3.63) is 29.8 Å². The topological polar surface area (TPSA) is 26.3 Å². The van der Waals surface area contributed by atoms with Crippen LogP contribution in [0.2, 0.25) is 0 Å². The van der Waals surface area contributed by atoms with Crippen LogP contribution >= 0.6 is 0 Å². The van der Waals surface area contributed by atoms with Crippen molar-refractivity contribution in [3.63, 3.8) is 0 Å². The quantitative estimate of drug-likeness (QED) is 0.736. The number of methoxy groups -OCH3 is 1. The number of hydrogen-bond acceptors (Lipinski definition) is 2. The van der Waals surface area contributed by atoms with Gasteiger partial charge < -0.3 is 4.74 Å². The summed E-state index contributed by atoms with van der Waals surface area (Å²) in [5.41, 5.74) is 0.685. The van der Waals surface area contributed by atoms with E-state index in [0.717, 1.165) is 5.75 Å². The van der Waals surface area contributed by atoms with Crippen LogP contribution in [0, 0.1) is 0 Å². The fourth-order valence-corrected chi connectivity index (χ4v) is 0.842. The Morgan fingerprint density at radius 3 is 2.58 bits per heavy atom. The number of ether oxygens (including phenoxy) is 1. The van der Waals surface area contributed by atoms with Gasteiger partial charge in [0.15, 0.2) is 5.78 Å². The van der Waals surface area contributed by atoms with Crippen LogP contribution < -0.4 is 4.74 Å². The fourth-order valence-electron chi connectivity index (χ4n) is 0.842. The fraction of sp³-hybridized carbons (Fsp3) is 0.222. The first-order valence-corrected chi connectivity index (χ1v) is 3.39. The number of carbonyl (C=O) groups excluding carboxylic acids is 1. The van der Waals surface area contributed by atoms with Crippen molar-refractivity contribution in [3.8, 4) is 5.75 Å². The molecule has 0 spiro atoms. The molecule has 1 aromatic rings. The third-order valence-electron chi connectivity index (χ3n) is 1.48. The normalized spacial score (nSPS) is 8.50. The van der Waals surface area contributed by atoms with E-state index in [2.05, 4.69) is 0 Å². The van der Waals surface area contributed by atoms with Crippen molar-refractivity contribution in [2.75, 3.05) is 7.11 Å². The van der Waals surface area contributed by atoms with Gasteiger partial charge in [-0.3, -0.25) is 4.79 Å². The van der Waals surface area contributed by atoms with E-state index >= 15 is 0 Å². The first-order chi connectivity index (χ1) is 5.24. The largest absolute Gasteiger partial charge is 0.497 e. The predicted octanol–water partition coefficient (Wildman–Crippen LogP) is 1.90. The molecule has 0 fully saturated rings. The zero-order valence-corrected chi connectivity index (χ0v) is 10.0. The van der Waals surface area contributed by atoms with E-state index < -0.39 is 0 Å². The molecule has 0 amide bonds. The summed E-state index contributed by atoms with van der Waals surface area (Å²) in [7, 11) is 1.58. The Morgan fingerprint density at radius 2 is 2.08 bits per heavy atom. The number of ketones is 1. The number of Topliss-reactive ketones (excluding diaryl/α,β-unsaturated/α-hetero) is 1. The van der Waals surface area contributed by atoms with Crippen molar-refractivity contribution >= 4 is 5.78 Å².